The van der Waals surface area contributed by atoms with Crippen LogP contribution in [0.15, 0.2) is 42.8 Å². The van der Waals surface area contributed by atoms with Gasteiger partial charge in [0.2, 0.25) is 0 Å². The van der Waals surface area contributed by atoms with Crippen LogP contribution in [0.2, 0.25) is 0 Å². The van der Waals surface area contributed by atoms with Crippen molar-refractivity contribution in [3.63, 3.8) is 0 Å². The zero-order chi connectivity index (χ0) is 8.81. The monoisotopic (exact) mass is 158 g/mol. The van der Waals surface area contributed by atoms with E-state index in [1.54, 1.807) is 24.7 Å². The first kappa shape index (κ1) is 8.40. The van der Waals surface area contributed by atoms with Crippen molar-refractivity contribution in [1.82, 2.24) is 4.98 Å². The second-order valence-corrected chi connectivity index (χ2v) is 2.17. The molecule has 0 atom stereocenters. The van der Waals surface area contributed by atoms with E-state index >= 15 is 0 Å². The van der Waals surface area contributed by atoms with Crippen molar-refractivity contribution in [1.29, 1.82) is 0 Å². The highest BCUT2D eigenvalue weighted by molar-refractivity contribution is 5.84. The summed E-state index contributed by atoms with van der Waals surface area (Å²) in [6.45, 7) is 7.17. The van der Waals surface area contributed by atoms with E-state index < -0.39 is 0 Å². The number of hydrogen-bond acceptors (Lipinski definition) is 2. The largest absolute Gasteiger partial charge is 0.265 e. The van der Waals surface area contributed by atoms with Crippen molar-refractivity contribution < 1.29 is 0 Å². The Kier molecular flexibility index (Phi) is 2.96. The molecule has 1 aromatic heterocycles. The van der Waals surface area contributed by atoms with Gasteiger partial charge in [-0.15, -0.1) is 0 Å². The Balaban J connectivity index is 3.04. The zero-order valence-electron chi connectivity index (χ0n) is 6.77. The molecule has 0 spiro atoms. The second-order valence-electron chi connectivity index (χ2n) is 2.17. The van der Waals surface area contributed by atoms with Gasteiger partial charge in [0.25, 0.3) is 0 Å². The van der Waals surface area contributed by atoms with Gasteiger partial charge in [0.05, 0.1) is 0 Å². The topological polar surface area (TPSA) is 25.2 Å². The van der Waals surface area contributed by atoms with E-state index in [9.17, 15) is 0 Å². The summed E-state index contributed by atoms with van der Waals surface area (Å²) < 4.78 is 0. The Hall–Kier alpha value is -1.70. The summed E-state index contributed by atoms with van der Waals surface area (Å²) in [6.07, 6.45) is 8.43. The quantitative estimate of drug-likeness (QED) is 0.619. The van der Waals surface area contributed by atoms with Crippen molar-refractivity contribution in [3.8, 4) is 0 Å². The van der Waals surface area contributed by atoms with E-state index in [0.29, 0.717) is 0 Å². The number of pyridine rings is 1. The molecular formula is C10H10N2. The van der Waals surface area contributed by atoms with Crippen molar-refractivity contribution >= 4 is 12.3 Å². The molecule has 1 rings (SSSR count). The average molecular weight is 158 g/mol. The smallest absolute Gasteiger partial charge is 0.0361 e. The van der Waals surface area contributed by atoms with Crippen LogP contribution in [-0.4, -0.2) is 11.2 Å². The molecule has 0 aliphatic heterocycles. The third-order valence-electron chi connectivity index (χ3n) is 1.43. The number of aromatic nitrogens is 1. The molecule has 0 unspecified atom stereocenters. The van der Waals surface area contributed by atoms with Gasteiger partial charge in [-0.2, -0.15) is 0 Å². The minimum atomic E-state index is 0.951. The van der Waals surface area contributed by atoms with Gasteiger partial charge in [-0.25, -0.2) is 0 Å². The molecule has 0 amide bonds. The maximum atomic E-state index is 3.97. The average Bonchev–Trinajstić information content (AvgIpc) is 2.15. The molecule has 0 N–H and O–H groups in total. The highest BCUT2D eigenvalue weighted by Gasteiger charge is 1.92. The predicted octanol–water partition coefficient (Wildman–Crippen LogP) is 2.29. The van der Waals surface area contributed by atoms with E-state index in [1.807, 2.05) is 6.07 Å². The molecule has 0 saturated carbocycles. The van der Waals surface area contributed by atoms with Crippen LogP contribution in [0, 0.1) is 0 Å². The van der Waals surface area contributed by atoms with Crippen LogP contribution < -0.4 is 0 Å². The van der Waals surface area contributed by atoms with Gasteiger partial charge in [-0.05, 0) is 11.6 Å². The van der Waals surface area contributed by atoms with E-state index in [1.165, 1.54) is 6.20 Å². The minimum Gasteiger partial charge on any atom is -0.265 e. The summed E-state index contributed by atoms with van der Waals surface area (Å²) in [5.41, 5.74) is 1.98. The Morgan fingerprint density at radius 3 is 2.83 bits per heavy atom. The number of rotatable bonds is 3. The molecule has 0 fully saturated rings. The standard InChI is InChI=1S/C10H10N2/c1-3-9-5-6-12-8-10(9)7-11-4-2/h3-8H,1-2H2. The van der Waals surface area contributed by atoms with Crippen molar-refractivity contribution in [2.75, 3.05) is 0 Å². The van der Waals surface area contributed by atoms with Gasteiger partial charge >= 0.3 is 0 Å². The summed E-state index contributed by atoms with van der Waals surface area (Å²) in [7, 11) is 0. The van der Waals surface area contributed by atoms with Gasteiger partial charge in [0.15, 0.2) is 0 Å². The zero-order valence-corrected chi connectivity index (χ0v) is 6.77. The minimum absolute atomic E-state index is 0.951. The molecule has 0 aliphatic carbocycles. The lowest BCUT2D eigenvalue weighted by molar-refractivity contribution is 1.31. The third kappa shape index (κ3) is 1.89. The fourth-order valence-electron chi connectivity index (χ4n) is 0.844. The van der Waals surface area contributed by atoms with Crippen LogP contribution in [0.5, 0.6) is 0 Å². The highest BCUT2D eigenvalue weighted by atomic mass is 14.7. The summed E-state index contributed by atoms with van der Waals surface area (Å²) in [5.74, 6) is 0. The molecule has 12 heavy (non-hydrogen) atoms. The summed E-state index contributed by atoms with van der Waals surface area (Å²) in [4.78, 5) is 7.87. The molecule has 1 heterocycles. The Morgan fingerprint density at radius 1 is 1.33 bits per heavy atom. The predicted molar refractivity (Wildman–Crippen MR) is 52.1 cm³/mol. The maximum Gasteiger partial charge on any atom is 0.0361 e. The Bertz CT molecular complexity index is 313. The van der Waals surface area contributed by atoms with Crippen LogP contribution in [0.25, 0.3) is 6.08 Å². The number of aliphatic imine (C=N–C) groups is 1. The Morgan fingerprint density at radius 2 is 2.17 bits per heavy atom. The van der Waals surface area contributed by atoms with Gasteiger partial charge < -0.3 is 0 Å². The first-order valence-corrected chi connectivity index (χ1v) is 3.59. The van der Waals surface area contributed by atoms with E-state index in [2.05, 4.69) is 23.1 Å². The molecular weight excluding hydrogens is 148 g/mol. The summed E-state index contributed by atoms with van der Waals surface area (Å²) in [5, 5.41) is 0. The number of hydrogen-bond donors (Lipinski definition) is 0. The maximum absolute atomic E-state index is 3.97. The van der Waals surface area contributed by atoms with Crippen LogP contribution in [0.4, 0.5) is 0 Å². The molecule has 60 valence electrons. The molecule has 0 aliphatic rings. The molecule has 0 radical (unpaired) electrons. The Labute approximate surface area is 72.0 Å². The van der Waals surface area contributed by atoms with Gasteiger partial charge in [-0.1, -0.05) is 19.2 Å². The van der Waals surface area contributed by atoms with Crippen molar-refractivity contribution in [2.24, 2.45) is 4.99 Å². The van der Waals surface area contributed by atoms with Crippen LogP contribution >= 0.6 is 0 Å². The highest BCUT2D eigenvalue weighted by Crippen LogP contribution is 2.04. The molecule has 0 aromatic carbocycles. The van der Waals surface area contributed by atoms with Crippen molar-refractivity contribution in [3.05, 3.63) is 48.9 Å². The molecule has 0 bridgehead atoms. The lowest BCUT2D eigenvalue weighted by atomic mass is 10.1. The van der Waals surface area contributed by atoms with Crippen molar-refractivity contribution in [2.45, 2.75) is 0 Å². The van der Waals surface area contributed by atoms with E-state index in [4.69, 9.17) is 0 Å². The van der Waals surface area contributed by atoms with E-state index in [-0.39, 0.29) is 0 Å². The SMILES string of the molecule is C=CN=Cc1cnccc1C=C. The third-order valence-corrected chi connectivity index (χ3v) is 1.43. The fraction of sp³-hybridized carbons (Fsp3) is 0. The lowest BCUT2D eigenvalue weighted by Crippen LogP contribution is -1.86. The van der Waals surface area contributed by atoms with E-state index in [0.717, 1.165) is 11.1 Å². The van der Waals surface area contributed by atoms with Gasteiger partial charge in [0, 0.05) is 30.4 Å². The molecule has 0 saturated heterocycles. The normalized spacial score (nSPS) is 10.0. The molecule has 2 nitrogen and oxygen atoms in total. The van der Waals surface area contributed by atoms with Gasteiger partial charge in [-0.3, -0.25) is 9.98 Å². The van der Waals surface area contributed by atoms with Crippen LogP contribution in [0.1, 0.15) is 11.1 Å². The summed E-state index contributed by atoms with van der Waals surface area (Å²) in [6, 6.07) is 1.89. The lowest BCUT2D eigenvalue weighted by Gasteiger charge is -1.96. The van der Waals surface area contributed by atoms with Gasteiger partial charge in [0.1, 0.15) is 0 Å². The van der Waals surface area contributed by atoms with Crippen LogP contribution in [-0.2, 0) is 0 Å². The fourth-order valence-corrected chi connectivity index (χ4v) is 0.844. The molecule has 2 heteroatoms. The number of nitrogens with zero attached hydrogens (tertiary/aromatic N) is 2. The first-order chi connectivity index (χ1) is 5.88. The second kappa shape index (κ2) is 4.23. The summed E-state index contributed by atoms with van der Waals surface area (Å²) >= 11 is 0. The molecule has 1 aromatic rings. The first-order valence-electron chi connectivity index (χ1n) is 3.59. The van der Waals surface area contributed by atoms with Crippen LogP contribution in [0.3, 0.4) is 0 Å².